The molecule has 2 N–H and O–H groups in total. The van der Waals surface area contributed by atoms with Gasteiger partial charge in [-0.1, -0.05) is 37.6 Å². The first-order valence-electron chi connectivity index (χ1n) is 10.2. The van der Waals surface area contributed by atoms with Crippen molar-refractivity contribution in [3.8, 4) is 5.75 Å². The molecule has 0 aliphatic rings. The number of hydrogen-bond acceptors (Lipinski definition) is 5. The highest BCUT2D eigenvalue weighted by Gasteiger charge is 2.55. The number of amides is 1. The zero-order valence-electron chi connectivity index (χ0n) is 18.7. The number of alkyl halides is 3. The van der Waals surface area contributed by atoms with Gasteiger partial charge in [0.15, 0.2) is 5.60 Å². The van der Waals surface area contributed by atoms with E-state index in [1.54, 1.807) is 44.2 Å². The van der Waals surface area contributed by atoms with Gasteiger partial charge in [0.2, 0.25) is 6.41 Å². The standard InChI is InChI=1S/C24H23ClF3N3O3/c1-22(2,17-9-7-15(25)11-20(17)34-3)12-23(33,24(26,27)28)13-29-18-5-4-6-19-16(18)8-10-21(31-19)30-14-32/h4-11,13-14,33H,12H2,1-3H3,(H,30,31,32). The van der Waals surface area contributed by atoms with Crippen molar-refractivity contribution in [1.29, 1.82) is 0 Å². The molecule has 0 saturated heterocycles. The highest BCUT2D eigenvalue weighted by atomic mass is 35.5. The second-order valence-corrected chi connectivity index (χ2v) is 8.82. The van der Waals surface area contributed by atoms with Crippen LogP contribution in [0.3, 0.4) is 0 Å². The maximum absolute atomic E-state index is 14.1. The molecule has 3 aromatic rings. The Morgan fingerprint density at radius 2 is 1.91 bits per heavy atom. The minimum absolute atomic E-state index is 0.187. The number of nitrogens with zero attached hydrogens (tertiary/aromatic N) is 2. The molecule has 1 unspecified atom stereocenters. The topological polar surface area (TPSA) is 83.8 Å². The van der Waals surface area contributed by atoms with Crippen LogP contribution in [0.1, 0.15) is 25.8 Å². The molecule has 1 heterocycles. The first kappa shape index (κ1) is 25.5. The predicted octanol–water partition coefficient (Wildman–Crippen LogP) is 5.83. The lowest BCUT2D eigenvalue weighted by Gasteiger charge is -2.36. The molecule has 0 fully saturated rings. The number of benzene rings is 2. The first-order chi connectivity index (χ1) is 15.9. The van der Waals surface area contributed by atoms with Crippen molar-refractivity contribution >= 4 is 46.6 Å². The van der Waals surface area contributed by atoms with Crippen molar-refractivity contribution in [3.63, 3.8) is 0 Å². The number of fused-ring (bicyclic) bond motifs is 1. The number of ether oxygens (including phenoxy) is 1. The number of halogens is 4. The predicted molar refractivity (Wildman–Crippen MR) is 126 cm³/mol. The summed E-state index contributed by atoms with van der Waals surface area (Å²) in [6.07, 6.45) is -4.74. The highest BCUT2D eigenvalue weighted by Crippen LogP contribution is 2.43. The molecule has 0 spiro atoms. The van der Waals surface area contributed by atoms with Crippen LogP contribution >= 0.6 is 11.6 Å². The number of aliphatic hydroxyl groups is 1. The van der Waals surface area contributed by atoms with Gasteiger partial charge in [0.1, 0.15) is 11.6 Å². The van der Waals surface area contributed by atoms with Gasteiger partial charge in [-0.3, -0.25) is 9.79 Å². The maximum Gasteiger partial charge on any atom is 0.422 e. The molecule has 0 aliphatic heterocycles. The molecule has 3 rings (SSSR count). The van der Waals surface area contributed by atoms with Crippen LogP contribution in [0.4, 0.5) is 24.7 Å². The van der Waals surface area contributed by atoms with Crippen LogP contribution < -0.4 is 10.1 Å². The smallest absolute Gasteiger partial charge is 0.422 e. The minimum Gasteiger partial charge on any atom is -0.496 e. The third-order valence-corrected chi connectivity index (χ3v) is 5.66. The molecule has 1 amide bonds. The van der Waals surface area contributed by atoms with Gasteiger partial charge in [0.05, 0.1) is 18.3 Å². The maximum atomic E-state index is 14.1. The van der Waals surface area contributed by atoms with Crippen molar-refractivity contribution in [2.75, 3.05) is 12.4 Å². The fourth-order valence-corrected chi connectivity index (χ4v) is 3.94. The van der Waals surface area contributed by atoms with Crippen LogP contribution in [-0.2, 0) is 10.2 Å². The van der Waals surface area contributed by atoms with Gasteiger partial charge in [-0.2, -0.15) is 13.2 Å². The number of carbonyl (C=O) groups is 1. The molecule has 10 heteroatoms. The SMILES string of the molecule is COc1cc(Cl)ccc1C(C)(C)CC(O)(C=Nc1cccc2nc(NC=O)ccc12)C(F)(F)F. The van der Waals surface area contributed by atoms with Crippen LogP contribution in [0, 0.1) is 0 Å². The van der Waals surface area contributed by atoms with Crippen LogP contribution in [-0.4, -0.2) is 41.6 Å². The summed E-state index contributed by atoms with van der Waals surface area (Å²) < 4.78 is 47.6. The Labute approximate surface area is 199 Å². The lowest BCUT2D eigenvalue weighted by atomic mass is 9.75. The molecule has 6 nitrogen and oxygen atoms in total. The van der Waals surface area contributed by atoms with Crippen molar-refractivity contribution in [1.82, 2.24) is 4.98 Å². The molecule has 1 aromatic heterocycles. The van der Waals surface area contributed by atoms with E-state index in [9.17, 15) is 23.1 Å². The average Bonchev–Trinajstić information content (AvgIpc) is 2.76. The van der Waals surface area contributed by atoms with Gasteiger partial charge < -0.3 is 15.2 Å². The molecule has 0 radical (unpaired) electrons. The van der Waals surface area contributed by atoms with Gasteiger partial charge in [-0.25, -0.2) is 4.98 Å². The molecule has 2 aromatic carbocycles. The van der Waals surface area contributed by atoms with Gasteiger partial charge >= 0.3 is 6.18 Å². The van der Waals surface area contributed by atoms with E-state index in [-0.39, 0.29) is 11.5 Å². The van der Waals surface area contributed by atoms with Gasteiger partial charge in [-0.15, -0.1) is 0 Å². The molecular formula is C24H23ClF3N3O3. The van der Waals surface area contributed by atoms with E-state index in [0.29, 0.717) is 39.9 Å². The molecule has 0 bridgehead atoms. The molecule has 1 atom stereocenters. The van der Waals surface area contributed by atoms with E-state index >= 15 is 0 Å². The third-order valence-electron chi connectivity index (χ3n) is 5.43. The van der Waals surface area contributed by atoms with Crippen molar-refractivity contribution in [2.45, 2.75) is 37.5 Å². The fraction of sp³-hybridized carbons (Fsp3) is 0.292. The zero-order valence-corrected chi connectivity index (χ0v) is 19.4. The largest absolute Gasteiger partial charge is 0.496 e. The summed E-state index contributed by atoms with van der Waals surface area (Å²) in [7, 11) is 1.40. The van der Waals surface area contributed by atoms with E-state index in [2.05, 4.69) is 15.3 Å². The minimum atomic E-state index is -5.00. The van der Waals surface area contributed by atoms with E-state index < -0.39 is 23.6 Å². The fourth-order valence-electron chi connectivity index (χ4n) is 3.78. The number of aromatic nitrogens is 1. The second kappa shape index (κ2) is 9.60. The summed E-state index contributed by atoms with van der Waals surface area (Å²) in [5, 5.41) is 14.0. The Balaban J connectivity index is 2.02. The van der Waals surface area contributed by atoms with Crippen molar-refractivity contribution in [2.24, 2.45) is 4.99 Å². The van der Waals surface area contributed by atoms with Crippen molar-refractivity contribution < 1.29 is 27.8 Å². The van der Waals surface area contributed by atoms with Gasteiger partial charge in [-0.05, 0) is 53.8 Å². The number of methoxy groups -OCH3 is 1. The average molecular weight is 494 g/mol. The molecule has 180 valence electrons. The number of hydrogen-bond donors (Lipinski definition) is 2. The number of rotatable bonds is 8. The Bertz CT molecular complexity index is 1230. The van der Waals surface area contributed by atoms with E-state index in [1.807, 2.05) is 0 Å². The number of pyridine rings is 1. The summed E-state index contributed by atoms with van der Waals surface area (Å²) in [6.45, 7) is 3.15. The Morgan fingerprint density at radius 1 is 1.18 bits per heavy atom. The Morgan fingerprint density at radius 3 is 2.56 bits per heavy atom. The first-order valence-corrected chi connectivity index (χ1v) is 10.6. The third kappa shape index (κ3) is 5.31. The molecular weight excluding hydrogens is 471 g/mol. The number of carbonyl (C=O) groups excluding carboxylic acids is 1. The second-order valence-electron chi connectivity index (χ2n) is 8.39. The van der Waals surface area contributed by atoms with Crippen molar-refractivity contribution in [3.05, 3.63) is 59.1 Å². The van der Waals surface area contributed by atoms with E-state index in [4.69, 9.17) is 16.3 Å². The lowest BCUT2D eigenvalue weighted by Crippen LogP contribution is -2.50. The molecule has 0 aliphatic carbocycles. The van der Waals surface area contributed by atoms with E-state index in [1.165, 1.54) is 25.3 Å². The Kier molecular flexibility index (Phi) is 7.18. The van der Waals surface area contributed by atoms with Gasteiger partial charge in [0.25, 0.3) is 0 Å². The zero-order chi connectivity index (χ0) is 25.1. The van der Waals surface area contributed by atoms with Crippen LogP contribution in [0.5, 0.6) is 5.75 Å². The lowest BCUT2D eigenvalue weighted by molar-refractivity contribution is -0.234. The summed E-state index contributed by atoms with van der Waals surface area (Å²) in [6, 6.07) is 12.4. The van der Waals surface area contributed by atoms with Crippen LogP contribution in [0.15, 0.2) is 53.5 Å². The quantitative estimate of drug-likeness (QED) is 0.305. The summed E-state index contributed by atoms with van der Waals surface area (Å²) >= 11 is 5.99. The Hall–Kier alpha value is -3.17. The summed E-state index contributed by atoms with van der Waals surface area (Å²) in [5.74, 6) is 0.605. The van der Waals surface area contributed by atoms with E-state index in [0.717, 1.165) is 0 Å². The highest BCUT2D eigenvalue weighted by molar-refractivity contribution is 6.30. The van der Waals surface area contributed by atoms with Gasteiger partial charge in [0, 0.05) is 16.6 Å². The normalized spacial score (nSPS) is 14.2. The molecule has 0 saturated carbocycles. The number of nitrogens with one attached hydrogen (secondary N) is 1. The molecule has 34 heavy (non-hydrogen) atoms. The summed E-state index contributed by atoms with van der Waals surface area (Å²) in [5.41, 5.74) is -3.34. The number of anilines is 1. The summed E-state index contributed by atoms with van der Waals surface area (Å²) in [4.78, 5) is 18.9. The monoisotopic (exact) mass is 493 g/mol. The van der Waals surface area contributed by atoms with Crippen LogP contribution in [0.25, 0.3) is 10.9 Å². The van der Waals surface area contributed by atoms with Crippen LogP contribution in [0.2, 0.25) is 5.02 Å². The number of aliphatic imine (C=N–C) groups is 1.